The first kappa shape index (κ1) is 25.2. The summed E-state index contributed by atoms with van der Waals surface area (Å²) in [5, 5.41) is 13.3. The molecule has 2 N–H and O–H groups in total. The minimum absolute atomic E-state index is 0.0515. The maximum atomic E-state index is 13.7. The monoisotopic (exact) mass is 510 g/mol. The minimum atomic E-state index is -0.839. The molecule has 0 unspecified atom stereocenters. The van der Waals surface area contributed by atoms with E-state index in [2.05, 4.69) is 10.3 Å². The normalized spacial score (nSPS) is 14.6. The van der Waals surface area contributed by atoms with Crippen LogP contribution in [0.4, 0.5) is 5.69 Å². The molecule has 1 saturated carbocycles. The Hall–Kier alpha value is -2.89. The first-order chi connectivity index (χ1) is 16.8. The highest BCUT2D eigenvalue weighted by atomic mass is 35.5. The van der Waals surface area contributed by atoms with E-state index in [4.69, 9.17) is 28.3 Å². The summed E-state index contributed by atoms with van der Waals surface area (Å²) in [5.74, 6) is -0.999. The molecule has 1 amide bonds. The number of hydrogen-bond donors (Lipinski definition) is 2. The lowest BCUT2D eigenvalue weighted by atomic mass is 9.83. The minimum Gasteiger partial charge on any atom is -0.481 e. The first-order valence-corrected chi connectivity index (χ1v) is 12.6. The fourth-order valence-corrected chi connectivity index (χ4v) is 5.46. The van der Waals surface area contributed by atoms with Crippen LogP contribution >= 0.6 is 23.2 Å². The van der Waals surface area contributed by atoms with Gasteiger partial charge < -0.3 is 10.4 Å². The summed E-state index contributed by atoms with van der Waals surface area (Å²) >= 11 is 12.8. The molecule has 7 heteroatoms. The van der Waals surface area contributed by atoms with Crippen LogP contribution in [0.3, 0.4) is 0 Å². The van der Waals surface area contributed by atoms with Crippen molar-refractivity contribution < 1.29 is 14.7 Å². The Balaban J connectivity index is 1.62. The molecule has 182 valence electrons. The Labute approximate surface area is 215 Å². The molecule has 2 aromatic carbocycles. The molecule has 1 aliphatic carbocycles. The van der Waals surface area contributed by atoms with Crippen molar-refractivity contribution in [3.63, 3.8) is 0 Å². The average Bonchev–Trinajstić information content (AvgIpc) is 3.34. The van der Waals surface area contributed by atoms with Gasteiger partial charge >= 0.3 is 5.97 Å². The zero-order chi connectivity index (χ0) is 24.9. The third-order valence-electron chi connectivity index (χ3n) is 6.83. The number of anilines is 1. The fraction of sp³-hybridized carbons (Fsp3) is 0.321. The summed E-state index contributed by atoms with van der Waals surface area (Å²) in [5.41, 5.74) is 5.06. The van der Waals surface area contributed by atoms with Crippen LogP contribution in [-0.2, 0) is 16.0 Å². The summed E-state index contributed by atoms with van der Waals surface area (Å²) in [7, 11) is 0. The number of aromatic nitrogens is 1. The van der Waals surface area contributed by atoms with Crippen LogP contribution in [0.1, 0.15) is 54.7 Å². The van der Waals surface area contributed by atoms with Gasteiger partial charge in [-0.25, -0.2) is 0 Å². The number of carboxylic acid groups (broad SMARTS) is 1. The summed E-state index contributed by atoms with van der Waals surface area (Å²) < 4.78 is 0. The Bertz CT molecular complexity index is 1240. The third-order valence-corrected chi connectivity index (χ3v) is 7.35. The molecular formula is C28H28Cl2N2O3. The lowest BCUT2D eigenvalue weighted by Crippen LogP contribution is -2.27. The van der Waals surface area contributed by atoms with Crippen molar-refractivity contribution >= 4 is 40.8 Å². The molecule has 1 heterocycles. The van der Waals surface area contributed by atoms with E-state index in [1.807, 2.05) is 49.4 Å². The van der Waals surface area contributed by atoms with Crippen molar-refractivity contribution in [1.82, 2.24) is 4.98 Å². The topological polar surface area (TPSA) is 79.3 Å². The second kappa shape index (κ2) is 11.2. The van der Waals surface area contributed by atoms with Crippen LogP contribution in [0, 0.1) is 12.8 Å². The molecule has 4 rings (SSSR count). The second-order valence-electron chi connectivity index (χ2n) is 9.13. The summed E-state index contributed by atoms with van der Waals surface area (Å²) in [6.45, 7) is 1.92. The number of carbonyl (C=O) groups excluding carboxylic acids is 1. The van der Waals surface area contributed by atoms with Gasteiger partial charge in [-0.3, -0.25) is 14.6 Å². The van der Waals surface area contributed by atoms with Gasteiger partial charge in [0.1, 0.15) is 0 Å². The first-order valence-electron chi connectivity index (χ1n) is 11.8. The highest BCUT2D eigenvalue weighted by molar-refractivity contribution is 6.34. The molecule has 5 nitrogen and oxygen atoms in total. The molecule has 1 aromatic heterocycles. The van der Waals surface area contributed by atoms with Crippen LogP contribution in [0.15, 0.2) is 54.9 Å². The molecule has 1 atom stereocenters. The predicted octanol–water partition coefficient (Wildman–Crippen LogP) is 7.29. The molecule has 3 aromatic rings. The average molecular weight is 511 g/mol. The van der Waals surface area contributed by atoms with E-state index >= 15 is 0 Å². The zero-order valence-electron chi connectivity index (χ0n) is 19.6. The van der Waals surface area contributed by atoms with Gasteiger partial charge in [0.25, 0.3) is 0 Å². The number of amides is 1. The van der Waals surface area contributed by atoms with Crippen molar-refractivity contribution in [1.29, 1.82) is 0 Å². The summed E-state index contributed by atoms with van der Waals surface area (Å²) in [6.07, 6.45) is 7.97. The number of aliphatic carboxylic acids is 1. The highest BCUT2D eigenvalue weighted by Gasteiger charge is 2.32. The molecular weight excluding hydrogens is 483 g/mol. The molecule has 0 bridgehead atoms. The largest absolute Gasteiger partial charge is 0.481 e. The Morgan fingerprint density at radius 2 is 1.89 bits per heavy atom. The SMILES string of the molecule is Cc1c(CCC(=O)O)cccc1NC(=O)[C@@H](c1ccc(-c2cncc(Cl)c2)c(Cl)c1)C1CCCC1. The Morgan fingerprint density at radius 1 is 1.11 bits per heavy atom. The van der Waals surface area contributed by atoms with Crippen LogP contribution < -0.4 is 5.32 Å². The van der Waals surface area contributed by atoms with Gasteiger partial charge in [-0.15, -0.1) is 0 Å². The number of carbonyl (C=O) groups is 2. The smallest absolute Gasteiger partial charge is 0.303 e. The number of nitrogens with one attached hydrogen (secondary N) is 1. The van der Waals surface area contributed by atoms with Crippen molar-refractivity contribution in [2.45, 2.75) is 51.4 Å². The highest BCUT2D eigenvalue weighted by Crippen LogP contribution is 2.40. The van der Waals surface area contributed by atoms with Crippen LogP contribution in [0.25, 0.3) is 11.1 Å². The van der Waals surface area contributed by atoms with Gasteiger partial charge in [0.05, 0.1) is 10.9 Å². The number of benzene rings is 2. The van der Waals surface area contributed by atoms with Gasteiger partial charge in [-0.2, -0.15) is 0 Å². The predicted molar refractivity (Wildman–Crippen MR) is 140 cm³/mol. The molecule has 0 spiro atoms. The van der Waals surface area contributed by atoms with Crippen LogP contribution in [0.2, 0.25) is 10.0 Å². The van der Waals surface area contributed by atoms with Gasteiger partial charge in [0.15, 0.2) is 0 Å². The van der Waals surface area contributed by atoms with E-state index in [9.17, 15) is 9.59 Å². The van der Waals surface area contributed by atoms with E-state index < -0.39 is 5.97 Å². The van der Waals surface area contributed by atoms with E-state index in [1.165, 1.54) is 0 Å². The maximum Gasteiger partial charge on any atom is 0.303 e. The Morgan fingerprint density at radius 3 is 2.57 bits per heavy atom. The number of pyridine rings is 1. The van der Waals surface area contributed by atoms with E-state index in [0.717, 1.165) is 53.5 Å². The van der Waals surface area contributed by atoms with Crippen molar-refractivity contribution in [2.75, 3.05) is 5.32 Å². The molecule has 0 aliphatic heterocycles. The van der Waals surface area contributed by atoms with E-state index in [1.54, 1.807) is 12.4 Å². The van der Waals surface area contributed by atoms with E-state index in [0.29, 0.717) is 22.2 Å². The van der Waals surface area contributed by atoms with Gasteiger partial charge in [0.2, 0.25) is 5.91 Å². The van der Waals surface area contributed by atoms with Gasteiger partial charge in [-0.1, -0.05) is 60.3 Å². The number of carboxylic acids is 1. The van der Waals surface area contributed by atoms with Crippen molar-refractivity contribution in [3.8, 4) is 11.1 Å². The summed E-state index contributed by atoms with van der Waals surface area (Å²) in [4.78, 5) is 28.8. The zero-order valence-corrected chi connectivity index (χ0v) is 21.1. The Kier molecular flexibility index (Phi) is 8.09. The second-order valence-corrected chi connectivity index (χ2v) is 9.97. The number of halogens is 2. The lowest BCUT2D eigenvalue weighted by Gasteiger charge is -2.24. The number of nitrogens with zero attached hydrogens (tertiary/aromatic N) is 1. The molecule has 0 saturated heterocycles. The number of hydrogen-bond acceptors (Lipinski definition) is 3. The molecule has 1 aliphatic rings. The lowest BCUT2D eigenvalue weighted by molar-refractivity contribution is -0.137. The molecule has 35 heavy (non-hydrogen) atoms. The third kappa shape index (κ3) is 6.03. The molecule has 0 radical (unpaired) electrons. The van der Waals surface area contributed by atoms with Crippen molar-refractivity contribution in [3.05, 3.63) is 81.6 Å². The van der Waals surface area contributed by atoms with Crippen LogP contribution in [-0.4, -0.2) is 22.0 Å². The fourth-order valence-electron chi connectivity index (χ4n) is 4.99. The maximum absolute atomic E-state index is 13.7. The van der Waals surface area contributed by atoms with Gasteiger partial charge in [0, 0.05) is 40.7 Å². The standard InChI is InChI=1S/C28H28Cl2N2O3/c1-17-18(10-12-26(33)34)7-4-8-25(17)32-28(35)27(19-5-2-3-6-19)20-9-11-23(24(30)14-20)21-13-22(29)16-31-15-21/h4,7-9,11,13-16,19,27H,2-3,5-6,10,12H2,1H3,(H,32,35)(H,33,34)/t27-/m1/s1. The van der Waals surface area contributed by atoms with Crippen molar-refractivity contribution in [2.24, 2.45) is 5.92 Å². The number of aryl methyl sites for hydroxylation is 1. The quantitative estimate of drug-likeness (QED) is 0.333. The van der Waals surface area contributed by atoms with Crippen LogP contribution in [0.5, 0.6) is 0 Å². The van der Waals surface area contributed by atoms with E-state index in [-0.39, 0.29) is 24.2 Å². The number of rotatable bonds is 8. The molecule has 1 fully saturated rings. The summed E-state index contributed by atoms with van der Waals surface area (Å²) in [6, 6.07) is 13.2. The van der Waals surface area contributed by atoms with Gasteiger partial charge in [-0.05, 0) is 67.0 Å².